The molecule has 7 heteroatoms. The molecule has 1 amide bonds. The topological polar surface area (TPSA) is 79.8 Å². The highest BCUT2D eigenvalue weighted by molar-refractivity contribution is 6.29. The van der Waals surface area contributed by atoms with Crippen LogP contribution in [0.5, 0.6) is 0 Å². The van der Waals surface area contributed by atoms with Gasteiger partial charge in [-0.15, -0.1) is 10.2 Å². The largest absolute Gasteiger partial charge is 0.354 e. The number of nitrogens with one attached hydrogen (secondary N) is 2. The summed E-state index contributed by atoms with van der Waals surface area (Å²) < 4.78 is 0. The smallest absolute Gasteiger partial charge is 0.273 e. The van der Waals surface area contributed by atoms with E-state index in [-0.39, 0.29) is 16.8 Å². The summed E-state index contributed by atoms with van der Waals surface area (Å²) in [5, 5.41) is 13.2. The second-order valence-electron chi connectivity index (χ2n) is 3.80. The fraction of sp³-hybridized carbons (Fsp3) is 0.167. The summed E-state index contributed by atoms with van der Waals surface area (Å²) in [4.78, 5) is 15.9. The van der Waals surface area contributed by atoms with Gasteiger partial charge in [0, 0.05) is 19.3 Å². The molecule has 98 valence electrons. The lowest BCUT2D eigenvalue weighted by molar-refractivity contribution is 0.0958. The Labute approximate surface area is 115 Å². The molecule has 19 heavy (non-hydrogen) atoms. The molecule has 6 nitrogen and oxygen atoms in total. The molecule has 0 aliphatic rings. The standard InChI is InChI=1S/C12H12ClN5O/c1-7-4-3-5-15-11(7)16-8-6-9(13)17-18-10(8)12(19)14-2/h3-6H,1-2H3,(H,14,19)(H,15,16,17). The summed E-state index contributed by atoms with van der Waals surface area (Å²) >= 11 is 5.80. The van der Waals surface area contributed by atoms with Crippen molar-refractivity contribution in [3.8, 4) is 0 Å². The summed E-state index contributed by atoms with van der Waals surface area (Å²) in [5.41, 5.74) is 1.57. The Morgan fingerprint density at radius 1 is 1.37 bits per heavy atom. The van der Waals surface area contributed by atoms with Crippen LogP contribution < -0.4 is 10.6 Å². The number of amides is 1. The van der Waals surface area contributed by atoms with E-state index in [9.17, 15) is 4.79 Å². The average molecular weight is 278 g/mol. The number of anilines is 2. The number of rotatable bonds is 3. The molecule has 0 unspecified atom stereocenters. The molecule has 0 saturated carbocycles. The summed E-state index contributed by atoms with van der Waals surface area (Å²) in [7, 11) is 1.52. The van der Waals surface area contributed by atoms with Crippen molar-refractivity contribution in [1.29, 1.82) is 0 Å². The number of carbonyl (C=O) groups is 1. The summed E-state index contributed by atoms with van der Waals surface area (Å²) in [5.74, 6) is 0.289. The first-order valence-electron chi connectivity index (χ1n) is 5.55. The molecule has 2 rings (SSSR count). The van der Waals surface area contributed by atoms with Gasteiger partial charge in [-0.1, -0.05) is 17.7 Å². The van der Waals surface area contributed by atoms with Crippen molar-refractivity contribution in [1.82, 2.24) is 20.5 Å². The van der Waals surface area contributed by atoms with Gasteiger partial charge in [0.25, 0.3) is 5.91 Å². The lowest BCUT2D eigenvalue weighted by atomic mass is 10.2. The third kappa shape index (κ3) is 2.97. The minimum atomic E-state index is -0.347. The van der Waals surface area contributed by atoms with Gasteiger partial charge in [0.2, 0.25) is 0 Å². The number of pyridine rings is 1. The maximum absolute atomic E-state index is 11.7. The van der Waals surface area contributed by atoms with Crippen LogP contribution in [0.25, 0.3) is 0 Å². The minimum Gasteiger partial charge on any atom is -0.354 e. The van der Waals surface area contributed by atoms with Crippen LogP contribution in [0.3, 0.4) is 0 Å². The van der Waals surface area contributed by atoms with Crippen LogP contribution in [0.2, 0.25) is 5.15 Å². The van der Waals surface area contributed by atoms with Crippen LogP contribution in [0, 0.1) is 6.92 Å². The van der Waals surface area contributed by atoms with E-state index in [1.165, 1.54) is 13.1 Å². The molecular formula is C12H12ClN5O. The van der Waals surface area contributed by atoms with Crippen molar-refractivity contribution >= 4 is 29.0 Å². The van der Waals surface area contributed by atoms with Crippen LogP contribution in [0.4, 0.5) is 11.5 Å². The second-order valence-corrected chi connectivity index (χ2v) is 4.19. The number of aryl methyl sites for hydroxylation is 1. The summed E-state index contributed by atoms with van der Waals surface area (Å²) in [6.07, 6.45) is 1.66. The first kappa shape index (κ1) is 13.2. The predicted octanol–water partition coefficient (Wildman–Crippen LogP) is 1.94. The zero-order chi connectivity index (χ0) is 13.8. The van der Waals surface area contributed by atoms with Crippen LogP contribution in [0.1, 0.15) is 16.1 Å². The fourth-order valence-corrected chi connectivity index (χ4v) is 1.64. The fourth-order valence-electron chi connectivity index (χ4n) is 1.49. The number of carbonyl (C=O) groups excluding carboxylic acids is 1. The highest BCUT2D eigenvalue weighted by atomic mass is 35.5. The van der Waals surface area contributed by atoms with E-state index in [2.05, 4.69) is 25.8 Å². The van der Waals surface area contributed by atoms with Gasteiger partial charge in [-0.2, -0.15) is 0 Å². The first-order valence-corrected chi connectivity index (χ1v) is 5.93. The molecular weight excluding hydrogens is 266 g/mol. The van der Waals surface area contributed by atoms with Gasteiger partial charge in [0.15, 0.2) is 10.8 Å². The molecule has 0 fully saturated rings. The molecule has 0 saturated heterocycles. The Hall–Kier alpha value is -2.21. The van der Waals surface area contributed by atoms with E-state index in [4.69, 9.17) is 11.6 Å². The lowest BCUT2D eigenvalue weighted by Crippen LogP contribution is -2.21. The van der Waals surface area contributed by atoms with Gasteiger partial charge < -0.3 is 10.6 Å². The first-order chi connectivity index (χ1) is 9.11. The molecule has 2 heterocycles. The van der Waals surface area contributed by atoms with Crippen molar-refractivity contribution in [2.75, 3.05) is 12.4 Å². The molecule has 2 aromatic rings. The van der Waals surface area contributed by atoms with E-state index < -0.39 is 0 Å². The maximum Gasteiger partial charge on any atom is 0.273 e. The van der Waals surface area contributed by atoms with Crippen molar-refractivity contribution in [2.24, 2.45) is 0 Å². The van der Waals surface area contributed by atoms with Gasteiger partial charge in [0.05, 0.1) is 5.69 Å². The zero-order valence-electron chi connectivity index (χ0n) is 10.4. The SMILES string of the molecule is CNC(=O)c1nnc(Cl)cc1Nc1ncccc1C. The molecule has 0 aliphatic heterocycles. The number of halogens is 1. The highest BCUT2D eigenvalue weighted by Gasteiger charge is 2.14. The van der Waals surface area contributed by atoms with E-state index in [1.807, 2.05) is 19.1 Å². The Bertz CT molecular complexity index is 617. The van der Waals surface area contributed by atoms with Crippen LogP contribution >= 0.6 is 11.6 Å². The summed E-state index contributed by atoms with van der Waals surface area (Å²) in [6.45, 7) is 1.91. The molecule has 2 aromatic heterocycles. The van der Waals surface area contributed by atoms with Gasteiger partial charge in [-0.05, 0) is 18.6 Å². The summed E-state index contributed by atoms with van der Waals surface area (Å²) in [6, 6.07) is 5.27. The average Bonchev–Trinajstić information content (AvgIpc) is 2.41. The van der Waals surface area contributed by atoms with Crippen molar-refractivity contribution in [3.63, 3.8) is 0 Å². The van der Waals surface area contributed by atoms with Gasteiger partial charge >= 0.3 is 0 Å². The zero-order valence-corrected chi connectivity index (χ0v) is 11.2. The lowest BCUT2D eigenvalue weighted by Gasteiger charge is -2.11. The molecule has 0 bridgehead atoms. The molecule has 0 aliphatic carbocycles. The number of nitrogens with zero attached hydrogens (tertiary/aromatic N) is 3. The van der Waals surface area contributed by atoms with Crippen LogP contribution in [-0.2, 0) is 0 Å². The third-order valence-corrected chi connectivity index (χ3v) is 2.65. The van der Waals surface area contributed by atoms with E-state index in [1.54, 1.807) is 6.20 Å². The quantitative estimate of drug-likeness (QED) is 0.896. The van der Waals surface area contributed by atoms with Crippen molar-refractivity contribution < 1.29 is 4.79 Å². The molecule has 0 atom stereocenters. The third-order valence-electron chi connectivity index (χ3n) is 2.47. The number of hydrogen-bond acceptors (Lipinski definition) is 5. The van der Waals surface area contributed by atoms with E-state index in [0.29, 0.717) is 11.5 Å². The van der Waals surface area contributed by atoms with Gasteiger partial charge in [-0.3, -0.25) is 4.79 Å². The Morgan fingerprint density at radius 3 is 2.84 bits per heavy atom. The molecule has 0 radical (unpaired) electrons. The van der Waals surface area contributed by atoms with Crippen LogP contribution in [-0.4, -0.2) is 28.1 Å². The monoisotopic (exact) mass is 277 g/mol. The number of aromatic nitrogens is 3. The molecule has 0 aromatic carbocycles. The maximum atomic E-state index is 11.7. The van der Waals surface area contributed by atoms with E-state index in [0.717, 1.165) is 5.56 Å². The Kier molecular flexibility index (Phi) is 3.91. The van der Waals surface area contributed by atoms with Crippen LogP contribution in [0.15, 0.2) is 24.4 Å². The normalized spacial score (nSPS) is 10.1. The van der Waals surface area contributed by atoms with Gasteiger partial charge in [0.1, 0.15) is 5.82 Å². The van der Waals surface area contributed by atoms with Gasteiger partial charge in [-0.25, -0.2) is 4.98 Å². The van der Waals surface area contributed by atoms with Crippen molar-refractivity contribution in [3.05, 3.63) is 40.8 Å². The second kappa shape index (κ2) is 5.62. The minimum absolute atomic E-state index is 0.164. The molecule has 2 N–H and O–H groups in total. The molecule has 0 spiro atoms. The number of hydrogen-bond donors (Lipinski definition) is 2. The Balaban J connectivity index is 2.41. The van der Waals surface area contributed by atoms with Crippen molar-refractivity contribution in [2.45, 2.75) is 6.92 Å². The predicted molar refractivity (Wildman–Crippen MR) is 72.7 cm³/mol. The Morgan fingerprint density at radius 2 is 2.16 bits per heavy atom. The van der Waals surface area contributed by atoms with E-state index >= 15 is 0 Å². The highest BCUT2D eigenvalue weighted by Crippen LogP contribution is 2.22.